The summed E-state index contributed by atoms with van der Waals surface area (Å²) in [6, 6.07) is 27.8. The maximum absolute atomic E-state index is 6.51. The van der Waals surface area contributed by atoms with Crippen LogP contribution in [0, 0.1) is 0 Å². The number of benzene rings is 4. The van der Waals surface area contributed by atoms with Crippen molar-refractivity contribution >= 4 is 66.0 Å². The van der Waals surface area contributed by atoms with Gasteiger partial charge in [0, 0.05) is 42.0 Å². The molecular weight excluding hydrogens is 451 g/mol. The van der Waals surface area contributed by atoms with E-state index < -0.39 is 18.3 Å². The van der Waals surface area contributed by atoms with Gasteiger partial charge in [-0.2, -0.15) is 0 Å². The third kappa shape index (κ3) is 2.99. The number of fused-ring (bicyclic) bond motifs is 6. The van der Waals surface area contributed by atoms with E-state index in [4.69, 9.17) is 13.7 Å². The zero-order valence-corrected chi connectivity index (χ0v) is 21.0. The Labute approximate surface area is 208 Å². The topological polar surface area (TPSA) is 31.6 Å². The first-order valence-corrected chi connectivity index (χ1v) is 12.9. The molecule has 7 rings (SSSR count). The average molecular weight is 476 g/mol. The average Bonchev–Trinajstić information content (AvgIpc) is 3.47. The van der Waals surface area contributed by atoms with Gasteiger partial charge in [0.1, 0.15) is 11.2 Å². The lowest BCUT2D eigenvalue weighted by molar-refractivity contribution is 0.00578. The Balaban J connectivity index is 1.53. The Bertz CT molecular complexity index is 1760. The molecule has 2 aromatic heterocycles. The summed E-state index contributed by atoms with van der Waals surface area (Å²) < 4.78 is 22.0. The molecule has 0 aliphatic carbocycles. The molecule has 1 saturated heterocycles. The normalized spacial score (nSPS) is 17.3. The van der Waals surface area contributed by atoms with E-state index in [0.717, 1.165) is 27.4 Å². The van der Waals surface area contributed by atoms with Crippen molar-refractivity contribution in [1.82, 2.24) is 0 Å². The fourth-order valence-corrected chi connectivity index (χ4v) is 6.42. The Morgan fingerprint density at radius 1 is 0.657 bits per heavy atom. The van der Waals surface area contributed by atoms with Crippen LogP contribution in [0.2, 0.25) is 0 Å². The summed E-state index contributed by atoms with van der Waals surface area (Å²) in [4.78, 5) is 0. The predicted molar refractivity (Wildman–Crippen MR) is 148 cm³/mol. The van der Waals surface area contributed by atoms with E-state index in [1.807, 2.05) is 23.5 Å². The third-order valence-corrected chi connectivity index (χ3v) is 8.98. The molecule has 3 nitrogen and oxygen atoms in total. The van der Waals surface area contributed by atoms with Crippen LogP contribution in [-0.2, 0) is 9.31 Å². The second-order valence-corrected chi connectivity index (χ2v) is 11.4. The minimum absolute atomic E-state index is 0.419. The minimum atomic E-state index is -0.489. The molecule has 3 heterocycles. The van der Waals surface area contributed by atoms with Crippen LogP contribution in [0.5, 0.6) is 0 Å². The highest BCUT2D eigenvalue weighted by molar-refractivity contribution is 7.26. The van der Waals surface area contributed by atoms with E-state index in [0.29, 0.717) is 0 Å². The Morgan fingerprint density at radius 3 is 2.14 bits per heavy atom. The van der Waals surface area contributed by atoms with Gasteiger partial charge in [-0.25, -0.2) is 0 Å². The summed E-state index contributed by atoms with van der Waals surface area (Å²) in [5.41, 5.74) is 4.19. The molecule has 0 N–H and O–H groups in total. The molecule has 1 aliphatic heterocycles. The number of rotatable bonds is 2. The molecule has 6 aromatic rings. The Kier molecular flexibility index (Phi) is 4.36. The van der Waals surface area contributed by atoms with Crippen LogP contribution in [-0.4, -0.2) is 18.3 Å². The number of thiophene rings is 1. The van der Waals surface area contributed by atoms with Crippen molar-refractivity contribution in [3.8, 4) is 11.1 Å². The van der Waals surface area contributed by atoms with Crippen molar-refractivity contribution in [2.75, 3.05) is 0 Å². The maximum Gasteiger partial charge on any atom is 0.498 e. The predicted octanol–water partition coefficient (Wildman–Crippen LogP) is 7.92. The van der Waals surface area contributed by atoms with Crippen LogP contribution in [0.25, 0.3) is 53.2 Å². The van der Waals surface area contributed by atoms with Crippen molar-refractivity contribution in [3.63, 3.8) is 0 Å². The molecule has 0 bridgehead atoms. The molecule has 35 heavy (non-hydrogen) atoms. The lowest BCUT2D eigenvalue weighted by atomic mass is 9.77. The quantitative estimate of drug-likeness (QED) is 0.238. The van der Waals surface area contributed by atoms with E-state index in [1.165, 1.54) is 31.3 Å². The van der Waals surface area contributed by atoms with Crippen LogP contribution in [0.3, 0.4) is 0 Å². The number of furan rings is 1. The minimum Gasteiger partial charge on any atom is -0.456 e. The molecular formula is C30H25BO3S. The van der Waals surface area contributed by atoms with E-state index in [1.54, 1.807) is 0 Å². The van der Waals surface area contributed by atoms with Gasteiger partial charge in [-0.15, -0.1) is 11.3 Å². The van der Waals surface area contributed by atoms with E-state index in [2.05, 4.69) is 94.4 Å². The summed E-state index contributed by atoms with van der Waals surface area (Å²) in [6.07, 6.45) is 0. The van der Waals surface area contributed by atoms with Gasteiger partial charge in [0.2, 0.25) is 0 Å². The number of para-hydroxylation sites is 1. The van der Waals surface area contributed by atoms with Gasteiger partial charge in [0.15, 0.2) is 0 Å². The monoisotopic (exact) mass is 476 g/mol. The van der Waals surface area contributed by atoms with Crippen molar-refractivity contribution in [1.29, 1.82) is 0 Å². The molecule has 0 amide bonds. The van der Waals surface area contributed by atoms with Crippen LogP contribution in [0.15, 0.2) is 83.3 Å². The van der Waals surface area contributed by atoms with Gasteiger partial charge < -0.3 is 13.7 Å². The zero-order valence-electron chi connectivity index (χ0n) is 20.2. The Morgan fingerprint density at radius 2 is 1.34 bits per heavy atom. The van der Waals surface area contributed by atoms with Gasteiger partial charge in [-0.3, -0.25) is 0 Å². The lowest BCUT2D eigenvalue weighted by Crippen LogP contribution is -2.41. The van der Waals surface area contributed by atoms with Gasteiger partial charge in [0.25, 0.3) is 0 Å². The van der Waals surface area contributed by atoms with Crippen molar-refractivity contribution in [2.45, 2.75) is 38.9 Å². The van der Waals surface area contributed by atoms with E-state index in [-0.39, 0.29) is 0 Å². The second kappa shape index (κ2) is 7.20. The van der Waals surface area contributed by atoms with Crippen molar-refractivity contribution in [3.05, 3.63) is 78.9 Å². The molecule has 4 aromatic carbocycles. The van der Waals surface area contributed by atoms with Crippen LogP contribution < -0.4 is 5.46 Å². The van der Waals surface area contributed by atoms with E-state index in [9.17, 15) is 0 Å². The second-order valence-electron chi connectivity index (χ2n) is 10.4. The van der Waals surface area contributed by atoms with Crippen molar-refractivity contribution in [2.24, 2.45) is 0 Å². The number of hydrogen-bond donors (Lipinski definition) is 0. The summed E-state index contributed by atoms with van der Waals surface area (Å²) in [5.74, 6) is 0. The van der Waals surface area contributed by atoms with Gasteiger partial charge >= 0.3 is 7.12 Å². The zero-order chi connectivity index (χ0) is 23.9. The smallest absolute Gasteiger partial charge is 0.456 e. The summed E-state index contributed by atoms with van der Waals surface area (Å²) in [6.45, 7) is 8.33. The van der Waals surface area contributed by atoms with E-state index >= 15 is 0 Å². The summed E-state index contributed by atoms with van der Waals surface area (Å²) in [5, 5.41) is 4.81. The molecule has 172 valence electrons. The highest BCUT2D eigenvalue weighted by Gasteiger charge is 2.52. The summed E-state index contributed by atoms with van der Waals surface area (Å²) >= 11 is 1.85. The largest absolute Gasteiger partial charge is 0.498 e. The first kappa shape index (κ1) is 21.2. The van der Waals surface area contributed by atoms with Crippen LogP contribution in [0.4, 0.5) is 0 Å². The fourth-order valence-electron chi connectivity index (χ4n) is 5.19. The third-order valence-electron chi connectivity index (χ3n) is 7.76. The van der Waals surface area contributed by atoms with Crippen LogP contribution in [0.1, 0.15) is 27.7 Å². The Hall–Kier alpha value is -3.12. The lowest BCUT2D eigenvalue weighted by Gasteiger charge is -2.32. The molecule has 5 heteroatoms. The van der Waals surface area contributed by atoms with Crippen LogP contribution >= 0.6 is 11.3 Å². The molecule has 1 aliphatic rings. The molecule has 0 spiro atoms. The van der Waals surface area contributed by atoms with Gasteiger partial charge in [0.05, 0.1) is 11.2 Å². The highest BCUT2D eigenvalue weighted by Crippen LogP contribution is 2.44. The highest BCUT2D eigenvalue weighted by atomic mass is 32.1. The molecule has 0 atom stereocenters. The summed E-state index contributed by atoms with van der Waals surface area (Å²) in [7, 11) is -0.489. The molecule has 0 radical (unpaired) electrons. The fraction of sp³-hybridized carbons (Fsp3) is 0.200. The molecule has 0 saturated carbocycles. The first-order chi connectivity index (χ1) is 16.8. The standard InChI is InChI=1S/C30H25BO3S/c1-29(2)30(3,4)34-31(33-29)23-17-16-19(26-22-11-5-7-14-24(22)32-27(23)26)21-13-9-12-20-18-10-6-8-15-25(18)35-28(20)21/h5-17H,1-4H3. The molecule has 1 fully saturated rings. The molecule has 0 unspecified atom stereocenters. The van der Waals surface area contributed by atoms with Crippen molar-refractivity contribution < 1.29 is 13.7 Å². The maximum atomic E-state index is 6.51. The first-order valence-electron chi connectivity index (χ1n) is 12.0. The van der Waals surface area contributed by atoms with Gasteiger partial charge in [-0.05, 0) is 45.4 Å². The van der Waals surface area contributed by atoms with Gasteiger partial charge in [-0.1, -0.05) is 66.7 Å². The number of hydrogen-bond acceptors (Lipinski definition) is 4. The SMILES string of the molecule is CC1(C)OB(c2ccc(-c3cccc4c3sc3ccccc34)c3c2oc2ccccc23)OC1(C)C.